The summed E-state index contributed by atoms with van der Waals surface area (Å²) in [5, 5.41) is 11.5. The number of benzene rings is 1. The molecule has 1 aromatic heterocycles. The van der Waals surface area contributed by atoms with E-state index in [0.717, 1.165) is 30.0 Å². The van der Waals surface area contributed by atoms with E-state index in [1.807, 2.05) is 25.2 Å². The van der Waals surface area contributed by atoms with Gasteiger partial charge in [0.05, 0.1) is 13.7 Å². The molecule has 2 N–H and O–H groups in total. The maximum atomic E-state index is 6.31. The van der Waals surface area contributed by atoms with E-state index < -0.39 is 0 Å². The van der Waals surface area contributed by atoms with E-state index in [-0.39, 0.29) is 29.4 Å². The minimum Gasteiger partial charge on any atom is -0.496 e. The van der Waals surface area contributed by atoms with Gasteiger partial charge in [0.25, 0.3) is 0 Å². The van der Waals surface area contributed by atoms with Crippen molar-refractivity contribution in [1.29, 1.82) is 0 Å². The van der Waals surface area contributed by atoms with Crippen LogP contribution in [0.25, 0.3) is 0 Å². The third-order valence-electron chi connectivity index (χ3n) is 5.22. The predicted octanol–water partition coefficient (Wildman–Crippen LogP) is 2.51. The number of methoxy groups -OCH3 is 1. The van der Waals surface area contributed by atoms with Crippen LogP contribution in [0.5, 0.6) is 5.75 Å². The fraction of sp³-hybridized carbons (Fsp3) is 0.526. The van der Waals surface area contributed by atoms with Gasteiger partial charge in [-0.1, -0.05) is 11.6 Å². The van der Waals surface area contributed by atoms with E-state index in [0.29, 0.717) is 37.3 Å². The van der Waals surface area contributed by atoms with Crippen molar-refractivity contribution < 1.29 is 9.47 Å². The molecular weight excluding hydrogens is 507 g/mol. The topological polar surface area (TPSA) is 85.6 Å². The van der Waals surface area contributed by atoms with Crippen molar-refractivity contribution >= 4 is 41.5 Å². The first-order valence-electron chi connectivity index (χ1n) is 9.27. The van der Waals surface area contributed by atoms with Gasteiger partial charge >= 0.3 is 0 Å². The number of halogens is 2. The van der Waals surface area contributed by atoms with E-state index in [1.165, 1.54) is 6.33 Å². The summed E-state index contributed by atoms with van der Waals surface area (Å²) in [5.74, 6) is 2.38. The lowest BCUT2D eigenvalue weighted by atomic mass is 9.73. The highest BCUT2D eigenvalue weighted by Crippen LogP contribution is 2.40. The van der Waals surface area contributed by atoms with Crippen molar-refractivity contribution in [2.45, 2.75) is 24.8 Å². The van der Waals surface area contributed by atoms with Gasteiger partial charge in [-0.05, 0) is 31.0 Å². The van der Waals surface area contributed by atoms with E-state index in [4.69, 9.17) is 21.1 Å². The Balaban J connectivity index is 0.00000300. The highest BCUT2D eigenvalue weighted by Gasteiger charge is 2.37. The molecule has 1 saturated heterocycles. The zero-order valence-electron chi connectivity index (χ0n) is 16.9. The lowest BCUT2D eigenvalue weighted by Crippen LogP contribution is -2.48. The molecule has 1 fully saturated rings. The number of hydrogen-bond donors (Lipinski definition) is 2. The Morgan fingerprint density at radius 3 is 2.72 bits per heavy atom. The van der Waals surface area contributed by atoms with Crippen LogP contribution in [0.3, 0.4) is 0 Å². The van der Waals surface area contributed by atoms with Crippen LogP contribution in [0.4, 0.5) is 0 Å². The summed E-state index contributed by atoms with van der Waals surface area (Å²) in [5.41, 5.74) is 0.943. The average molecular weight is 535 g/mol. The molecule has 3 rings (SSSR count). The summed E-state index contributed by atoms with van der Waals surface area (Å²) in [7, 11) is 5.31. The molecule has 1 aliphatic heterocycles. The second kappa shape index (κ2) is 11.0. The van der Waals surface area contributed by atoms with Gasteiger partial charge < -0.3 is 20.1 Å². The van der Waals surface area contributed by atoms with Gasteiger partial charge in [0.1, 0.15) is 17.9 Å². The van der Waals surface area contributed by atoms with E-state index in [2.05, 4.69) is 25.7 Å². The number of guanidine groups is 1. The van der Waals surface area contributed by atoms with Crippen molar-refractivity contribution in [2.75, 3.05) is 33.9 Å². The van der Waals surface area contributed by atoms with Crippen molar-refractivity contribution in [1.82, 2.24) is 25.4 Å². The summed E-state index contributed by atoms with van der Waals surface area (Å²) in [4.78, 5) is 8.56. The number of aromatic nitrogens is 3. The molecule has 8 nitrogen and oxygen atoms in total. The van der Waals surface area contributed by atoms with Crippen LogP contribution in [0, 0.1) is 0 Å². The van der Waals surface area contributed by atoms with Crippen molar-refractivity contribution in [3.05, 3.63) is 40.9 Å². The molecule has 0 radical (unpaired) electrons. The van der Waals surface area contributed by atoms with Crippen LogP contribution in [-0.2, 0) is 23.7 Å². The van der Waals surface area contributed by atoms with Crippen LogP contribution in [0.2, 0.25) is 5.02 Å². The largest absolute Gasteiger partial charge is 0.496 e. The molecule has 10 heteroatoms. The monoisotopic (exact) mass is 534 g/mol. The molecule has 160 valence electrons. The predicted molar refractivity (Wildman–Crippen MR) is 124 cm³/mol. The maximum Gasteiger partial charge on any atom is 0.191 e. The molecule has 0 aliphatic carbocycles. The normalized spacial score (nSPS) is 16.1. The number of aliphatic imine (C=N–C) groups is 1. The molecule has 0 spiro atoms. The molecule has 0 atom stereocenters. The average Bonchev–Trinajstić information content (AvgIpc) is 3.13. The summed E-state index contributed by atoms with van der Waals surface area (Å²) in [6.07, 6.45) is 3.28. The first-order valence-corrected chi connectivity index (χ1v) is 9.65. The van der Waals surface area contributed by atoms with Crippen molar-refractivity contribution in [3.63, 3.8) is 0 Å². The second-order valence-corrected chi connectivity index (χ2v) is 7.25. The molecule has 2 aromatic rings. The van der Waals surface area contributed by atoms with Crippen molar-refractivity contribution in [2.24, 2.45) is 12.0 Å². The summed E-state index contributed by atoms with van der Waals surface area (Å²) in [6.45, 7) is 2.61. The molecule has 0 amide bonds. The minimum absolute atomic E-state index is 0. The Morgan fingerprint density at radius 2 is 2.10 bits per heavy atom. The van der Waals surface area contributed by atoms with Gasteiger partial charge in [0, 0.05) is 49.9 Å². The summed E-state index contributed by atoms with van der Waals surface area (Å²) < 4.78 is 13.0. The fourth-order valence-electron chi connectivity index (χ4n) is 3.51. The summed E-state index contributed by atoms with van der Waals surface area (Å²) >= 11 is 6.31. The number of nitrogens with zero attached hydrogens (tertiary/aromatic N) is 4. The quantitative estimate of drug-likeness (QED) is 0.337. The van der Waals surface area contributed by atoms with E-state index in [9.17, 15) is 0 Å². The third-order valence-corrected chi connectivity index (χ3v) is 5.45. The number of rotatable bonds is 6. The molecule has 0 bridgehead atoms. The molecule has 0 unspecified atom stereocenters. The Hall–Kier alpha value is -1.59. The van der Waals surface area contributed by atoms with Gasteiger partial charge in [0.15, 0.2) is 5.96 Å². The van der Waals surface area contributed by atoms with Gasteiger partial charge in [-0.15, -0.1) is 24.0 Å². The molecule has 1 aromatic carbocycles. The number of ether oxygens (including phenoxy) is 2. The van der Waals surface area contributed by atoms with E-state index >= 15 is 0 Å². The van der Waals surface area contributed by atoms with Gasteiger partial charge in [-0.25, -0.2) is 4.98 Å². The van der Waals surface area contributed by atoms with Crippen LogP contribution in [-0.4, -0.2) is 54.6 Å². The number of nitrogens with one attached hydrogen (secondary N) is 2. The van der Waals surface area contributed by atoms with Gasteiger partial charge in [-0.2, -0.15) is 5.10 Å². The standard InChI is InChI=1S/C19H27ClN6O2.HI/c1-21-18(22-11-17-24-13-25-26(17)2)23-12-19(6-8-28-9-7-19)15-10-14(20)4-5-16(15)27-3;/h4-5,10,13H,6-9,11-12H2,1-3H3,(H2,21,22,23);1H. The molecule has 29 heavy (non-hydrogen) atoms. The lowest BCUT2D eigenvalue weighted by molar-refractivity contribution is 0.0505. The molecule has 2 heterocycles. The number of aryl methyl sites for hydroxylation is 1. The third kappa shape index (κ3) is 5.73. The smallest absolute Gasteiger partial charge is 0.191 e. The number of hydrogen-bond acceptors (Lipinski definition) is 5. The SMILES string of the molecule is CN=C(NCc1ncnn1C)NCC1(c2cc(Cl)ccc2OC)CCOCC1.I. The Morgan fingerprint density at radius 1 is 1.34 bits per heavy atom. The lowest BCUT2D eigenvalue weighted by Gasteiger charge is -2.39. The maximum absolute atomic E-state index is 6.31. The minimum atomic E-state index is -0.156. The highest BCUT2D eigenvalue weighted by molar-refractivity contribution is 14.0. The first kappa shape index (κ1) is 23.7. The Bertz CT molecular complexity index is 823. The van der Waals surface area contributed by atoms with Crippen LogP contribution in [0.15, 0.2) is 29.5 Å². The highest BCUT2D eigenvalue weighted by atomic mass is 127. The van der Waals surface area contributed by atoms with Crippen molar-refractivity contribution in [3.8, 4) is 5.75 Å². The van der Waals surface area contributed by atoms with Gasteiger partial charge in [-0.3, -0.25) is 9.67 Å². The van der Waals surface area contributed by atoms with E-state index in [1.54, 1.807) is 18.8 Å². The summed E-state index contributed by atoms with van der Waals surface area (Å²) in [6, 6.07) is 5.78. The van der Waals surface area contributed by atoms with Gasteiger partial charge in [0.2, 0.25) is 0 Å². The Kier molecular flexibility index (Phi) is 8.97. The first-order chi connectivity index (χ1) is 13.6. The molecule has 0 saturated carbocycles. The van der Waals surface area contributed by atoms with Crippen LogP contribution < -0.4 is 15.4 Å². The second-order valence-electron chi connectivity index (χ2n) is 6.82. The zero-order valence-corrected chi connectivity index (χ0v) is 20.0. The van der Waals surface area contributed by atoms with Crippen LogP contribution >= 0.6 is 35.6 Å². The fourth-order valence-corrected chi connectivity index (χ4v) is 3.69. The molecular formula is C19H28ClIN6O2. The Labute approximate surface area is 193 Å². The molecule has 1 aliphatic rings. The van der Waals surface area contributed by atoms with Crippen LogP contribution in [0.1, 0.15) is 24.2 Å². The zero-order chi connectivity index (χ0) is 20.0.